The summed E-state index contributed by atoms with van der Waals surface area (Å²) in [6.07, 6.45) is 2.58. The predicted octanol–water partition coefficient (Wildman–Crippen LogP) is 3.18. The van der Waals surface area contributed by atoms with Crippen LogP contribution >= 0.6 is 0 Å². The summed E-state index contributed by atoms with van der Waals surface area (Å²) < 4.78 is 10.2. The summed E-state index contributed by atoms with van der Waals surface area (Å²) in [5, 5.41) is 0. The van der Waals surface area contributed by atoms with Gasteiger partial charge in [-0.05, 0) is 37.0 Å². The molecular formula is C18H21NO4. The average molecular weight is 315 g/mol. The number of aromatic amines is 1. The minimum atomic E-state index is -0.395. The molecule has 1 aromatic heterocycles. The van der Waals surface area contributed by atoms with Crippen LogP contribution in [0.4, 0.5) is 0 Å². The highest BCUT2D eigenvalue weighted by molar-refractivity contribution is 5.89. The van der Waals surface area contributed by atoms with Crippen molar-refractivity contribution in [3.63, 3.8) is 0 Å². The molecule has 0 aliphatic carbocycles. The second-order valence-corrected chi connectivity index (χ2v) is 5.18. The molecule has 122 valence electrons. The monoisotopic (exact) mass is 315 g/mol. The van der Waals surface area contributed by atoms with Gasteiger partial charge in [-0.15, -0.1) is 0 Å². The first-order valence-electron chi connectivity index (χ1n) is 7.65. The van der Waals surface area contributed by atoms with Crippen LogP contribution in [0.15, 0.2) is 36.5 Å². The largest absolute Gasteiger partial charge is 0.466 e. The van der Waals surface area contributed by atoms with E-state index in [1.54, 1.807) is 13.1 Å². The molecule has 23 heavy (non-hydrogen) atoms. The molecule has 0 saturated carbocycles. The van der Waals surface area contributed by atoms with E-state index in [-0.39, 0.29) is 12.6 Å². The smallest absolute Gasteiger partial charge is 0.355 e. The lowest BCUT2D eigenvalue weighted by Gasteiger charge is -2.05. The number of aryl methyl sites for hydroxylation is 1. The van der Waals surface area contributed by atoms with Gasteiger partial charge in [0.25, 0.3) is 0 Å². The maximum atomic E-state index is 12.1. The first-order chi connectivity index (χ1) is 11.1. The van der Waals surface area contributed by atoms with Crippen molar-refractivity contribution in [2.45, 2.75) is 33.3 Å². The van der Waals surface area contributed by atoms with Gasteiger partial charge in [-0.1, -0.05) is 30.3 Å². The number of hydrogen-bond donors (Lipinski definition) is 1. The summed E-state index contributed by atoms with van der Waals surface area (Å²) in [4.78, 5) is 26.5. The number of hydrogen-bond acceptors (Lipinski definition) is 4. The van der Waals surface area contributed by atoms with Gasteiger partial charge in [0.05, 0.1) is 6.61 Å². The van der Waals surface area contributed by atoms with Crippen LogP contribution in [-0.2, 0) is 27.3 Å². The van der Waals surface area contributed by atoms with Crippen LogP contribution in [0.1, 0.15) is 40.5 Å². The molecule has 2 aromatic rings. The lowest BCUT2D eigenvalue weighted by Crippen LogP contribution is -2.08. The molecule has 1 heterocycles. The van der Waals surface area contributed by atoms with Gasteiger partial charge in [0.1, 0.15) is 12.3 Å². The number of ether oxygens (including phenoxy) is 2. The molecule has 0 radical (unpaired) electrons. The molecule has 0 atom stereocenters. The van der Waals surface area contributed by atoms with Gasteiger partial charge in [-0.3, -0.25) is 4.79 Å². The third kappa shape index (κ3) is 4.71. The number of aromatic nitrogens is 1. The maximum absolute atomic E-state index is 12.1. The quantitative estimate of drug-likeness (QED) is 0.797. The van der Waals surface area contributed by atoms with E-state index >= 15 is 0 Å². The van der Waals surface area contributed by atoms with Crippen molar-refractivity contribution < 1.29 is 19.1 Å². The summed E-state index contributed by atoms with van der Waals surface area (Å²) in [6, 6.07) is 9.52. The zero-order chi connectivity index (χ0) is 16.7. The van der Waals surface area contributed by atoms with Crippen LogP contribution in [0, 0.1) is 6.92 Å². The van der Waals surface area contributed by atoms with E-state index in [9.17, 15) is 9.59 Å². The lowest BCUT2D eigenvalue weighted by atomic mass is 10.1. The predicted molar refractivity (Wildman–Crippen MR) is 86.0 cm³/mol. The molecule has 0 aliphatic rings. The van der Waals surface area contributed by atoms with Gasteiger partial charge in [0.15, 0.2) is 0 Å². The maximum Gasteiger partial charge on any atom is 0.355 e. The van der Waals surface area contributed by atoms with Gasteiger partial charge < -0.3 is 14.5 Å². The van der Waals surface area contributed by atoms with Crippen LogP contribution in [0.25, 0.3) is 0 Å². The lowest BCUT2D eigenvalue weighted by molar-refractivity contribution is -0.143. The number of H-pyrrole nitrogens is 1. The fraction of sp³-hybridized carbons (Fsp3) is 0.333. The Bertz CT molecular complexity index is 661. The number of nitrogens with one attached hydrogen (secondary N) is 1. The molecule has 0 spiro atoms. The van der Waals surface area contributed by atoms with Gasteiger partial charge in [0.2, 0.25) is 0 Å². The Morgan fingerprint density at radius 3 is 2.57 bits per heavy atom. The van der Waals surface area contributed by atoms with Crippen LogP contribution in [0.5, 0.6) is 0 Å². The molecule has 0 aliphatic heterocycles. The van der Waals surface area contributed by atoms with Gasteiger partial charge >= 0.3 is 11.9 Å². The molecule has 0 saturated heterocycles. The molecule has 0 fully saturated rings. The molecule has 2 rings (SSSR count). The fourth-order valence-electron chi connectivity index (χ4n) is 2.27. The molecule has 5 nitrogen and oxygen atoms in total. The summed E-state index contributed by atoms with van der Waals surface area (Å²) in [7, 11) is 0. The van der Waals surface area contributed by atoms with E-state index in [1.165, 1.54) is 0 Å². The molecule has 0 unspecified atom stereocenters. The minimum absolute atomic E-state index is 0.232. The SMILES string of the molecule is CCOC(=O)CCc1c[nH]c(C(=O)OCc2ccccc2)c1C. The van der Waals surface area contributed by atoms with Crippen LogP contribution in [0.3, 0.4) is 0 Å². The first kappa shape index (κ1) is 16.8. The van der Waals surface area contributed by atoms with Crippen molar-refractivity contribution in [1.29, 1.82) is 0 Å². The van der Waals surface area contributed by atoms with Crippen molar-refractivity contribution in [1.82, 2.24) is 4.98 Å². The summed E-state index contributed by atoms with van der Waals surface area (Å²) in [5.41, 5.74) is 3.10. The topological polar surface area (TPSA) is 68.4 Å². The number of benzene rings is 1. The zero-order valence-electron chi connectivity index (χ0n) is 13.4. The van der Waals surface area contributed by atoms with Crippen LogP contribution < -0.4 is 0 Å². The normalized spacial score (nSPS) is 10.3. The number of carbonyl (C=O) groups excluding carboxylic acids is 2. The number of rotatable bonds is 7. The van der Waals surface area contributed by atoms with Gasteiger partial charge in [-0.25, -0.2) is 4.79 Å². The number of carbonyl (C=O) groups is 2. The van der Waals surface area contributed by atoms with E-state index in [4.69, 9.17) is 9.47 Å². The van der Waals surface area contributed by atoms with E-state index in [2.05, 4.69) is 4.98 Å². The Labute approximate surface area is 135 Å². The van der Waals surface area contributed by atoms with Crippen LogP contribution in [-0.4, -0.2) is 23.5 Å². The standard InChI is InChI=1S/C18H21NO4/c1-3-22-16(20)10-9-15-11-19-17(13(15)2)18(21)23-12-14-7-5-4-6-8-14/h4-8,11,19H,3,9-10,12H2,1-2H3. The molecule has 0 bridgehead atoms. The van der Waals surface area contributed by atoms with Crippen molar-refractivity contribution in [3.05, 3.63) is 58.9 Å². The Kier molecular flexibility index (Phi) is 5.97. The van der Waals surface area contributed by atoms with Crippen molar-refractivity contribution in [2.75, 3.05) is 6.61 Å². The zero-order valence-corrected chi connectivity index (χ0v) is 13.4. The molecule has 0 amide bonds. The molecule has 1 aromatic carbocycles. The molecule has 1 N–H and O–H groups in total. The minimum Gasteiger partial charge on any atom is -0.466 e. The van der Waals surface area contributed by atoms with Gasteiger partial charge in [-0.2, -0.15) is 0 Å². The van der Waals surface area contributed by atoms with E-state index < -0.39 is 5.97 Å². The Morgan fingerprint density at radius 2 is 1.87 bits per heavy atom. The summed E-state index contributed by atoms with van der Waals surface area (Å²) >= 11 is 0. The highest BCUT2D eigenvalue weighted by Crippen LogP contribution is 2.16. The highest BCUT2D eigenvalue weighted by Gasteiger charge is 2.16. The first-order valence-corrected chi connectivity index (χ1v) is 7.65. The van der Waals surface area contributed by atoms with Gasteiger partial charge in [0, 0.05) is 12.6 Å². The van der Waals surface area contributed by atoms with Crippen LogP contribution in [0.2, 0.25) is 0 Å². The Morgan fingerprint density at radius 1 is 1.13 bits per heavy atom. The molecule has 5 heteroatoms. The Hall–Kier alpha value is -2.56. The summed E-state index contributed by atoms with van der Waals surface area (Å²) in [6.45, 7) is 4.23. The molecular weight excluding hydrogens is 294 g/mol. The van der Waals surface area contributed by atoms with Crippen molar-refractivity contribution in [2.24, 2.45) is 0 Å². The van der Waals surface area contributed by atoms with E-state index in [1.807, 2.05) is 37.3 Å². The fourth-order valence-corrected chi connectivity index (χ4v) is 2.27. The average Bonchev–Trinajstić information content (AvgIpc) is 2.93. The summed E-state index contributed by atoms with van der Waals surface area (Å²) in [5.74, 6) is -0.630. The third-order valence-electron chi connectivity index (χ3n) is 3.57. The van der Waals surface area contributed by atoms with E-state index in [0.29, 0.717) is 25.1 Å². The second kappa shape index (κ2) is 8.17. The second-order valence-electron chi connectivity index (χ2n) is 5.18. The third-order valence-corrected chi connectivity index (χ3v) is 3.57. The Balaban J connectivity index is 1.92. The van der Waals surface area contributed by atoms with Crippen molar-refractivity contribution in [3.8, 4) is 0 Å². The highest BCUT2D eigenvalue weighted by atomic mass is 16.5. The van der Waals surface area contributed by atoms with Crippen molar-refractivity contribution >= 4 is 11.9 Å². The van der Waals surface area contributed by atoms with E-state index in [0.717, 1.165) is 16.7 Å². The number of esters is 2.